The maximum atomic E-state index is 13.7. The third-order valence-corrected chi connectivity index (χ3v) is 3.85. The minimum absolute atomic E-state index is 0.249. The maximum Gasteiger partial charge on any atom is 0.191 e. The first kappa shape index (κ1) is 22.3. The van der Waals surface area contributed by atoms with Crippen molar-refractivity contribution < 1.29 is 13.9 Å². The lowest BCUT2D eigenvalue weighted by Gasteiger charge is -2.18. The topological polar surface area (TPSA) is 58.1 Å². The highest BCUT2D eigenvalue weighted by atomic mass is 19.1. The van der Waals surface area contributed by atoms with Gasteiger partial charge in [0.05, 0.1) is 13.2 Å². The molecule has 0 unspecified atom stereocenters. The Bertz CT molecular complexity index is 540. The second-order valence-corrected chi connectivity index (χ2v) is 6.13. The number of hydrogen-bond donors (Lipinski definition) is 2. The molecule has 1 aromatic rings. The van der Waals surface area contributed by atoms with Gasteiger partial charge in [-0.15, -0.1) is 0 Å². The predicted octanol–water partition coefficient (Wildman–Crippen LogP) is 2.00. The number of halogens is 1. The average molecular weight is 368 g/mol. The van der Waals surface area contributed by atoms with Gasteiger partial charge < -0.3 is 25.0 Å². The number of methoxy groups -OCH3 is 2. The van der Waals surface area contributed by atoms with Crippen molar-refractivity contribution in [3.8, 4) is 0 Å². The molecule has 0 aromatic heterocycles. The molecule has 26 heavy (non-hydrogen) atoms. The van der Waals surface area contributed by atoms with E-state index in [4.69, 9.17) is 9.47 Å². The molecule has 0 amide bonds. The summed E-state index contributed by atoms with van der Waals surface area (Å²) < 4.78 is 23.8. The van der Waals surface area contributed by atoms with Crippen LogP contribution in [0.2, 0.25) is 0 Å². The van der Waals surface area contributed by atoms with E-state index < -0.39 is 0 Å². The zero-order chi connectivity index (χ0) is 19.2. The van der Waals surface area contributed by atoms with E-state index in [9.17, 15) is 4.39 Å². The number of nitrogens with one attached hydrogen (secondary N) is 2. The van der Waals surface area contributed by atoms with Crippen LogP contribution in [0.5, 0.6) is 0 Å². The number of ether oxygens (including phenoxy) is 2. The number of nitrogens with zero attached hydrogens (tertiary/aromatic N) is 2. The Hall–Kier alpha value is -1.70. The molecule has 0 saturated heterocycles. The zero-order valence-electron chi connectivity index (χ0n) is 16.5. The van der Waals surface area contributed by atoms with E-state index in [1.54, 1.807) is 26.4 Å². The Morgan fingerprint density at radius 1 is 1.19 bits per heavy atom. The fourth-order valence-corrected chi connectivity index (χ4v) is 2.46. The molecule has 1 aromatic carbocycles. The molecule has 0 bridgehead atoms. The lowest BCUT2D eigenvalue weighted by molar-refractivity contribution is 0.180. The molecule has 0 fully saturated rings. The number of rotatable bonds is 12. The van der Waals surface area contributed by atoms with Gasteiger partial charge in [-0.25, -0.2) is 9.38 Å². The highest BCUT2D eigenvalue weighted by Crippen LogP contribution is 2.12. The lowest BCUT2D eigenvalue weighted by atomic mass is 10.1. The molecule has 0 aliphatic carbocycles. The summed E-state index contributed by atoms with van der Waals surface area (Å²) >= 11 is 0. The lowest BCUT2D eigenvalue weighted by Crippen LogP contribution is -2.41. The molecule has 148 valence electrons. The Morgan fingerprint density at radius 3 is 2.69 bits per heavy atom. The average Bonchev–Trinajstić information content (AvgIpc) is 2.62. The fraction of sp³-hybridized carbons (Fsp3) is 0.632. The molecule has 0 spiro atoms. The van der Waals surface area contributed by atoms with Crippen molar-refractivity contribution in [3.05, 3.63) is 35.1 Å². The van der Waals surface area contributed by atoms with Crippen LogP contribution in [0, 0.1) is 5.82 Å². The molecular weight excluding hydrogens is 335 g/mol. The van der Waals surface area contributed by atoms with Gasteiger partial charge in [0.2, 0.25) is 0 Å². The number of likely N-dealkylation sites (N-methyl/N-ethyl adjacent to an activating group) is 1. The Labute approximate surface area is 156 Å². The highest BCUT2D eigenvalue weighted by Gasteiger charge is 2.04. The van der Waals surface area contributed by atoms with Crippen LogP contribution in [0.4, 0.5) is 4.39 Å². The Kier molecular flexibility index (Phi) is 11.6. The molecule has 6 nitrogen and oxygen atoms in total. The molecule has 1 rings (SSSR count). The molecule has 0 saturated carbocycles. The van der Waals surface area contributed by atoms with Gasteiger partial charge in [0.1, 0.15) is 5.82 Å². The van der Waals surface area contributed by atoms with E-state index in [2.05, 4.69) is 27.6 Å². The molecule has 0 aliphatic rings. The smallest absolute Gasteiger partial charge is 0.191 e. The summed E-state index contributed by atoms with van der Waals surface area (Å²) in [4.78, 5) is 6.84. The van der Waals surface area contributed by atoms with Crippen LogP contribution < -0.4 is 10.6 Å². The van der Waals surface area contributed by atoms with Crippen LogP contribution in [0.3, 0.4) is 0 Å². The Balaban J connectivity index is 2.51. The fourth-order valence-electron chi connectivity index (χ4n) is 2.46. The van der Waals surface area contributed by atoms with Crippen LogP contribution in [0.15, 0.2) is 23.2 Å². The highest BCUT2D eigenvalue weighted by molar-refractivity contribution is 5.79. The second kappa shape index (κ2) is 13.5. The van der Waals surface area contributed by atoms with Crippen LogP contribution in [0.25, 0.3) is 0 Å². The number of hydrogen-bond acceptors (Lipinski definition) is 4. The van der Waals surface area contributed by atoms with Crippen molar-refractivity contribution in [1.29, 1.82) is 0 Å². The number of aliphatic imine (C=N–C) groups is 1. The number of guanidine groups is 1. The summed E-state index contributed by atoms with van der Waals surface area (Å²) in [5.74, 6) is 0.511. The van der Waals surface area contributed by atoms with Crippen molar-refractivity contribution in [2.45, 2.75) is 26.5 Å². The SMILES string of the molecule is CCNC(=NCc1ccc(F)c(COC)c1)NCCN(C)CCCOC. The van der Waals surface area contributed by atoms with E-state index in [1.807, 2.05) is 6.92 Å². The molecule has 0 atom stereocenters. The summed E-state index contributed by atoms with van der Waals surface area (Å²) in [6, 6.07) is 5.02. The summed E-state index contributed by atoms with van der Waals surface area (Å²) in [5.41, 5.74) is 1.50. The minimum atomic E-state index is -0.249. The van der Waals surface area contributed by atoms with Crippen LogP contribution >= 0.6 is 0 Å². The summed E-state index contributed by atoms with van der Waals surface area (Å²) in [5, 5.41) is 6.56. The normalized spacial score (nSPS) is 11.8. The van der Waals surface area contributed by atoms with E-state index in [0.29, 0.717) is 12.1 Å². The van der Waals surface area contributed by atoms with Gasteiger partial charge in [-0.3, -0.25) is 0 Å². The van der Waals surface area contributed by atoms with Gasteiger partial charge in [-0.2, -0.15) is 0 Å². The molecule has 0 aliphatic heterocycles. The van der Waals surface area contributed by atoms with Crippen molar-refractivity contribution in [3.63, 3.8) is 0 Å². The van der Waals surface area contributed by atoms with Gasteiger partial charge in [0.15, 0.2) is 5.96 Å². The van der Waals surface area contributed by atoms with E-state index in [1.165, 1.54) is 6.07 Å². The Morgan fingerprint density at radius 2 is 2.00 bits per heavy atom. The maximum absolute atomic E-state index is 13.7. The van der Waals surface area contributed by atoms with Crippen molar-refractivity contribution in [1.82, 2.24) is 15.5 Å². The van der Waals surface area contributed by atoms with E-state index in [-0.39, 0.29) is 12.4 Å². The third-order valence-electron chi connectivity index (χ3n) is 3.85. The summed E-state index contributed by atoms with van der Waals surface area (Å²) in [6.07, 6.45) is 1.02. The molecular formula is C19H33FN4O2. The van der Waals surface area contributed by atoms with Crippen molar-refractivity contribution >= 4 is 5.96 Å². The van der Waals surface area contributed by atoms with Crippen molar-refractivity contribution in [2.75, 3.05) is 54.1 Å². The first-order chi connectivity index (χ1) is 12.6. The second-order valence-electron chi connectivity index (χ2n) is 6.13. The summed E-state index contributed by atoms with van der Waals surface area (Å²) in [6.45, 7) is 7.06. The molecule has 7 heteroatoms. The van der Waals surface area contributed by atoms with Gasteiger partial charge in [0.25, 0.3) is 0 Å². The van der Waals surface area contributed by atoms with Gasteiger partial charge in [-0.1, -0.05) is 6.07 Å². The van der Waals surface area contributed by atoms with Crippen LogP contribution in [-0.2, 0) is 22.6 Å². The van der Waals surface area contributed by atoms with Crippen LogP contribution in [-0.4, -0.2) is 64.9 Å². The third kappa shape index (κ3) is 9.12. The number of benzene rings is 1. The van der Waals surface area contributed by atoms with Gasteiger partial charge in [-0.05, 0) is 38.1 Å². The minimum Gasteiger partial charge on any atom is -0.385 e. The van der Waals surface area contributed by atoms with E-state index >= 15 is 0 Å². The monoisotopic (exact) mass is 368 g/mol. The largest absolute Gasteiger partial charge is 0.385 e. The van der Waals surface area contributed by atoms with Crippen LogP contribution in [0.1, 0.15) is 24.5 Å². The first-order valence-corrected chi connectivity index (χ1v) is 9.06. The zero-order valence-corrected chi connectivity index (χ0v) is 16.5. The molecule has 0 heterocycles. The first-order valence-electron chi connectivity index (χ1n) is 9.06. The van der Waals surface area contributed by atoms with Gasteiger partial charge >= 0.3 is 0 Å². The predicted molar refractivity (Wildman–Crippen MR) is 104 cm³/mol. The molecule has 0 radical (unpaired) electrons. The summed E-state index contributed by atoms with van der Waals surface area (Å²) in [7, 11) is 5.38. The van der Waals surface area contributed by atoms with Gasteiger partial charge in [0, 0.05) is 52.6 Å². The molecule has 2 N–H and O–H groups in total. The van der Waals surface area contributed by atoms with Crippen molar-refractivity contribution in [2.24, 2.45) is 4.99 Å². The quantitative estimate of drug-likeness (QED) is 0.336. The van der Waals surface area contributed by atoms with E-state index in [0.717, 1.165) is 50.7 Å². The standard InChI is InChI=1S/C19H33FN4O2/c1-5-21-19(22-9-11-24(2)10-6-12-25-3)23-14-16-7-8-18(20)17(13-16)15-26-4/h7-8,13H,5-6,9-12,14-15H2,1-4H3,(H2,21,22,23).